The van der Waals surface area contributed by atoms with Gasteiger partial charge < -0.3 is 9.64 Å². The average Bonchev–Trinajstić information content (AvgIpc) is 2.99. The van der Waals surface area contributed by atoms with Crippen molar-refractivity contribution in [2.45, 2.75) is 12.5 Å². The Bertz CT molecular complexity index is 1320. The minimum atomic E-state index is -0.220. The summed E-state index contributed by atoms with van der Waals surface area (Å²) in [6.45, 7) is 3.73. The highest BCUT2D eigenvalue weighted by Gasteiger charge is 2.27. The zero-order valence-corrected chi connectivity index (χ0v) is 22.7. The van der Waals surface area contributed by atoms with Crippen molar-refractivity contribution >= 4 is 23.2 Å². The van der Waals surface area contributed by atoms with Crippen LogP contribution in [0.15, 0.2) is 115 Å². The van der Waals surface area contributed by atoms with Crippen molar-refractivity contribution in [3.8, 4) is 5.75 Å². The molecule has 1 fully saturated rings. The average molecular weight is 536 g/mol. The molecule has 1 heterocycles. The minimum absolute atomic E-state index is 0.183. The molecule has 0 unspecified atom stereocenters. The van der Waals surface area contributed by atoms with Gasteiger partial charge in [-0.1, -0.05) is 97.1 Å². The van der Waals surface area contributed by atoms with Crippen molar-refractivity contribution < 1.29 is 9.53 Å². The van der Waals surface area contributed by atoms with Crippen LogP contribution in [0.4, 0.5) is 0 Å². The van der Waals surface area contributed by atoms with Crippen LogP contribution >= 0.6 is 12.2 Å². The molecule has 0 aliphatic carbocycles. The highest BCUT2D eigenvalue weighted by Crippen LogP contribution is 2.29. The second kappa shape index (κ2) is 13.2. The Labute approximate surface area is 236 Å². The summed E-state index contributed by atoms with van der Waals surface area (Å²) in [5, 5.41) is 3.39. The first kappa shape index (κ1) is 26.6. The third-order valence-electron chi connectivity index (χ3n) is 7.02. The summed E-state index contributed by atoms with van der Waals surface area (Å²) in [5.74, 6) is 0.452. The molecule has 5 rings (SSSR count). The van der Waals surface area contributed by atoms with E-state index in [0.717, 1.165) is 32.6 Å². The van der Waals surface area contributed by atoms with Crippen LogP contribution < -0.4 is 10.1 Å². The lowest BCUT2D eigenvalue weighted by atomic mass is 9.96. The molecule has 0 atom stereocenters. The molecule has 39 heavy (non-hydrogen) atoms. The molecule has 1 N–H and O–H groups in total. The summed E-state index contributed by atoms with van der Waals surface area (Å²) in [4.78, 5) is 17.6. The maximum atomic E-state index is 13.0. The number of benzene rings is 4. The molecule has 6 heteroatoms. The molecule has 1 aliphatic heterocycles. The van der Waals surface area contributed by atoms with Crippen LogP contribution in [0.5, 0.6) is 5.75 Å². The van der Waals surface area contributed by atoms with Gasteiger partial charge in [-0.2, -0.15) is 0 Å². The second-order valence-electron chi connectivity index (χ2n) is 9.62. The van der Waals surface area contributed by atoms with Crippen molar-refractivity contribution in [2.24, 2.45) is 0 Å². The van der Waals surface area contributed by atoms with Gasteiger partial charge in [-0.25, -0.2) is 0 Å². The lowest BCUT2D eigenvalue weighted by Crippen LogP contribution is -2.53. The molecule has 4 aromatic carbocycles. The summed E-state index contributed by atoms with van der Waals surface area (Å²) in [7, 11) is 0. The lowest BCUT2D eigenvalue weighted by molar-refractivity contribution is 0.0966. The first-order valence-electron chi connectivity index (χ1n) is 13.4. The maximum absolute atomic E-state index is 13.0. The molecule has 1 amide bonds. The number of ether oxygens (including phenoxy) is 1. The maximum Gasteiger partial charge on any atom is 0.257 e. The van der Waals surface area contributed by atoms with Crippen LogP contribution in [-0.2, 0) is 6.42 Å². The van der Waals surface area contributed by atoms with Crippen molar-refractivity contribution in [1.82, 2.24) is 15.1 Å². The number of hydrogen-bond acceptors (Lipinski definition) is 4. The number of thiocarbonyl (C=S) groups is 1. The summed E-state index contributed by atoms with van der Waals surface area (Å²) in [6.07, 6.45) is 0.808. The van der Waals surface area contributed by atoms with Crippen molar-refractivity contribution in [2.75, 3.05) is 32.8 Å². The van der Waals surface area contributed by atoms with Gasteiger partial charge in [0, 0.05) is 38.2 Å². The van der Waals surface area contributed by atoms with Crippen LogP contribution in [0.1, 0.15) is 33.1 Å². The van der Waals surface area contributed by atoms with Gasteiger partial charge in [0.2, 0.25) is 0 Å². The number of carbonyl (C=O) groups excluding carboxylic acids is 1. The topological polar surface area (TPSA) is 44.8 Å². The first-order chi connectivity index (χ1) is 19.2. The smallest absolute Gasteiger partial charge is 0.257 e. The third-order valence-corrected chi connectivity index (χ3v) is 7.38. The Balaban J connectivity index is 1.15. The minimum Gasteiger partial charge on any atom is -0.493 e. The Kier molecular flexibility index (Phi) is 8.99. The molecule has 4 aromatic rings. The van der Waals surface area contributed by atoms with Crippen LogP contribution in [0.2, 0.25) is 0 Å². The first-order valence-corrected chi connectivity index (χ1v) is 13.8. The van der Waals surface area contributed by atoms with Gasteiger partial charge in [0.15, 0.2) is 5.11 Å². The van der Waals surface area contributed by atoms with Gasteiger partial charge in [-0.3, -0.25) is 15.0 Å². The number of carbonyl (C=O) groups is 1. The molecule has 0 saturated carbocycles. The van der Waals surface area contributed by atoms with Gasteiger partial charge >= 0.3 is 0 Å². The van der Waals surface area contributed by atoms with E-state index < -0.39 is 0 Å². The number of piperazine rings is 1. The predicted octanol–water partition coefficient (Wildman–Crippen LogP) is 5.73. The van der Waals surface area contributed by atoms with Crippen LogP contribution in [0.3, 0.4) is 0 Å². The van der Waals surface area contributed by atoms with E-state index in [-0.39, 0.29) is 11.9 Å². The summed E-state index contributed by atoms with van der Waals surface area (Å²) in [6, 6.07) is 38.9. The van der Waals surface area contributed by atoms with Crippen LogP contribution in [0.25, 0.3) is 0 Å². The molecule has 1 saturated heterocycles. The summed E-state index contributed by atoms with van der Waals surface area (Å²) in [5.41, 5.74) is 4.30. The fourth-order valence-corrected chi connectivity index (χ4v) is 5.25. The van der Waals surface area contributed by atoms with Crippen LogP contribution in [0, 0.1) is 0 Å². The largest absolute Gasteiger partial charge is 0.493 e. The highest BCUT2D eigenvalue weighted by molar-refractivity contribution is 7.80. The van der Waals surface area contributed by atoms with Gasteiger partial charge in [-0.05, 0) is 47.1 Å². The number of hydrogen-bond donors (Lipinski definition) is 1. The molecule has 1 aliphatic rings. The van der Waals surface area contributed by atoms with E-state index in [9.17, 15) is 4.79 Å². The second-order valence-corrected chi connectivity index (χ2v) is 10.0. The highest BCUT2D eigenvalue weighted by atomic mass is 32.1. The van der Waals surface area contributed by atoms with Gasteiger partial charge in [0.1, 0.15) is 5.75 Å². The quantitative estimate of drug-likeness (QED) is 0.292. The molecule has 0 aromatic heterocycles. The normalized spacial score (nSPS) is 13.7. The van der Waals surface area contributed by atoms with E-state index in [1.54, 1.807) is 12.1 Å². The van der Waals surface area contributed by atoms with Crippen molar-refractivity contribution in [1.29, 1.82) is 0 Å². The lowest BCUT2D eigenvalue weighted by Gasteiger charge is -2.40. The predicted molar refractivity (Wildman–Crippen MR) is 160 cm³/mol. The van der Waals surface area contributed by atoms with E-state index in [2.05, 4.69) is 87.9 Å². The SMILES string of the molecule is O=C(NC(=S)N1CCN(C(c2ccccc2)c2ccccc2)CC1)c1cccc(OCCc2ccccc2)c1. The zero-order valence-electron chi connectivity index (χ0n) is 21.9. The summed E-state index contributed by atoms with van der Waals surface area (Å²) >= 11 is 5.64. The standard InChI is InChI=1S/C33H33N3O2S/c37-32(29-17-10-18-30(25-29)38-24-19-26-11-4-1-5-12-26)34-33(39)36-22-20-35(21-23-36)31(27-13-6-2-7-14-27)28-15-8-3-9-16-28/h1-18,25,31H,19-24H2,(H,34,37,39). The van der Waals surface area contributed by atoms with Crippen molar-refractivity contribution in [3.05, 3.63) is 138 Å². The zero-order chi connectivity index (χ0) is 26.9. The summed E-state index contributed by atoms with van der Waals surface area (Å²) < 4.78 is 5.90. The number of nitrogens with one attached hydrogen (secondary N) is 1. The van der Waals surface area contributed by atoms with Gasteiger partial charge in [-0.15, -0.1) is 0 Å². The monoisotopic (exact) mass is 535 g/mol. The Morgan fingerprint density at radius 3 is 1.97 bits per heavy atom. The number of nitrogens with zero attached hydrogens (tertiary/aromatic N) is 2. The number of rotatable bonds is 8. The Morgan fingerprint density at radius 1 is 0.769 bits per heavy atom. The molecule has 0 spiro atoms. The number of amides is 1. The molecule has 198 valence electrons. The fourth-order valence-electron chi connectivity index (χ4n) is 4.97. The Morgan fingerprint density at radius 2 is 1.36 bits per heavy atom. The molecule has 0 radical (unpaired) electrons. The van der Waals surface area contributed by atoms with Gasteiger partial charge in [0.25, 0.3) is 5.91 Å². The van der Waals surface area contributed by atoms with E-state index in [4.69, 9.17) is 17.0 Å². The van der Waals surface area contributed by atoms with E-state index in [1.165, 1.54) is 16.7 Å². The molecule has 5 nitrogen and oxygen atoms in total. The van der Waals surface area contributed by atoms with E-state index in [1.807, 2.05) is 30.3 Å². The fraction of sp³-hybridized carbons (Fsp3) is 0.212. The van der Waals surface area contributed by atoms with E-state index >= 15 is 0 Å². The van der Waals surface area contributed by atoms with Gasteiger partial charge in [0.05, 0.1) is 12.6 Å². The third kappa shape index (κ3) is 7.11. The van der Waals surface area contributed by atoms with E-state index in [0.29, 0.717) is 23.0 Å². The Hall–Kier alpha value is -4.00. The molecular formula is C33H33N3O2S. The molecule has 0 bridgehead atoms. The van der Waals surface area contributed by atoms with Crippen molar-refractivity contribution in [3.63, 3.8) is 0 Å². The molecular weight excluding hydrogens is 502 g/mol. The van der Waals surface area contributed by atoms with Crippen LogP contribution in [-0.4, -0.2) is 53.6 Å².